The van der Waals surface area contributed by atoms with Crippen molar-refractivity contribution in [3.05, 3.63) is 29.3 Å². The molecule has 1 aromatic carbocycles. The Bertz CT molecular complexity index is 541. The van der Waals surface area contributed by atoms with Gasteiger partial charge in [-0.05, 0) is 44.4 Å². The van der Waals surface area contributed by atoms with Crippen molar-refractivity contribution in [3.63, 3.8) is 0 Å². The van der Waals surface area contributed by atoms with Crippen LogP contribution < -0.4 is 5.73 Å². The maximum Gasteiger partial charge on any atom is 0.243 e. The first-order chi connectivity index (χ1) is 9.34. The van der Waals surface area contributed by atoms with E-state index < -0.39 is 10.0 Å². The molecule has 0 amide bonds. The average molecular weight is 300 g/mol. The van der Waals surface area contributed by atoms with Crippen LogP contribution in [0.25, 0.3) is 0 Å². The number of hydrogen-bond acceptors (Lipinski definition) is 4. The lowest BCUT2D eigenvalue weighted by molar-refractivity contribution is 0.258. The molecule has 114 valence electrons. The Morgan fingerprint density at radius 2 is 2.00 bits per heavy atom. The highest BCUT2D eigenvalue weighted by molar-refractivity contribution is 7.89. The van der Waals surface area contributed by atoms with Crippen molar-refractivity contribution in [3.8, 4) is 0 Å². The molecule has 1 aromatic rings. The predicted octanol–water partition coefficient (Wildman–Crippen LogP) is 1.24. The molecule has 0 aliphatic heterocycles. The molecule has 1 rings (SSSR count). The second-order valence-corrected chi connectivity index (χ2v) is 6.95. The number of nitrogens with two attached hydrogens (primary N) is 1. The van der Waals surface area contributed by atoms with Gasteiger partial charge in [-0.25, -0.2) is 8.42 Å². The largest absolute Gasteiger partial charge is 0.396 e. The van der Waals surface area contributed by atoms with Crippen LogP contribution >= 0.6 is 0 Å². The third-order valence-corrected chi connectivity index (χ3v) is 5.40. The topological polar surface area (TPSA) is 83.6 Å². The minimum Gasteiger partial charge on any atom is -0.396 e. The minimum atomic E-state index is -3.57. The summed E-state index contributed by atoms with van der Waals surface area (Å²) in [6, 6.07) is 5.09. The van der Waals surface area contributed by atoms with E-state index in [1.54, 1.807) is 19.1 Å². The highest BCUT2D eigenvalue weighted by Crippen LogP contribution is 2.23. The van der Waals surface area contributed by atoms with Crippen molar-refractivity contribution < 1.29 is 13.5 Å². The quantitative estimate of drug-likeness (QED) is 0.793. The Morgan fingerprint density at radius 1 is 1.35 bits per heavy atom. The van der Waals surface area contributed by atoms with E-state index in [-0.39, 0.29) is 12.6 Å². The van der Waals surface area contributed by atoms with E-state index in [9.17, 15) is 8.42 Å². The number of benzene rings is 1. The molecule has 5 nitrogen and oxygen atoms in total. The molecule has 0 fully saturated rings. The molecule has 0 bridgehead atoms. The summed E-state index contributed by atoms with van der Waals surface area (Å²) in [6.07, 6.45) is 0.424. The van der Waals surface area contributed by atoms with Crippen molar-refractivity contribution >= 4 is 10.0 Å². The standard InChI is InChI=1S/C14H24N2O3S/c1-11(2)16(7-4-8-17)20(18,19)14-9-13(10-15)6-5-12(14)3/h5-6,9,11,17H,4,7-8,10,15H2,1-3H3. The fraction of sp³-hybridized carbons (Fsp3) is 0.571. The first-order valence-electron chi connectivity index (χ1n) is 6.77. The van der Waals surface area contributed by atoms with Crippen LogP contribution in [0.4, 0.5) is 0 Å². The molecule has 0 saturated carbocycles. The monoisotopic (exact) mass is 300 g/mol. The molecular weight excluding hydrogens is 276 g/mol. The summed E-state index contributed by atoms with van der Waals surface area (Å²) in [4.78, 5) is 0.298. The second-order valence-electron chi connectivity index (χ2n) is 5.09. The van der Waals surface area contributed by atoms with Gasteiger partial charge in [0.15, 0.2) is 0 Å². The molecule has 0 aliphatic rings. The average Bonchev–Trinajstić information content (AvgIpc) is 2.38. The Morgan fingerprint density at radius 3 is 2.50 bits per heavy atom. The smallest absolute Gasteiger partial charge is 0.243 e. The second kappa shape index (κ2) is 7.17. The molecule has 0 aromatic heterocycles. The summed E-state index contributed by atoms with van der Waals surface area (Å²) in [5, 5.41) is 8.93. The molecule has 0 heterocycles. The van der Waals surface area contributed by atoms with Crippen LogP contribution in [0, 0.1) is 6.92 Å². The fourth-order valence-corrected chi connectivity index (χ4v) is 4.01. The van der Waals surface area contributed by atoms with Crippen LogP contribution in [-0.4, -0.2) is 37.0 Å². The van der Waals surface area contributed by atoms with E-state index in [4.69, 9.17) is 10.8 Å². The number of hydrogen-bond donors (Lipinski definition) is 2. The van der Waals surface area contributed by atoms with Crippen molar-refractivity contribution in [2.45, 2.75) is 44.7 Å². The van der Waals surface area contributed by atoms with Crippen molar-refractivity contribution in [1.82, 2.24) is 4.31 Å². The van der Waals surface area contributed by atoms with Crippen molar-refractivity contribution in [2.75, 3.05) is 13.2 Å². The lowest BCUT2D eigenvalue weighted by Crippen LogP contribution is -2.38. The van der Waals surface area contributed by atoms with Crippen LogP contribution in [0.3, 0.4) is 0 Å². The van der Waals surface area contributed by atoms with E-state index in [1.807, 2.05) is 19.9 Å². The van der Waals surface area contributed by atoms with Crippen LogP contribution in [0.2, 0.25) is 0 Å². The maximum absolute atomic E-state index is 12.8. The molecule has 20 heavy (non-hydrogen) atoms. The molecule has 0 aliphatic carbocycles. The van der Waals surface area contributed by atoms with Gasteiger partial charge in [-0.1, -0.05) is 12.1 Å². The predicted molar refractivity (Wildman–Crippen MR) is 79.8 cm³/mol. The van der Waals surface area contributed by atoms with Crippen molar-refractivity contribution in [1.29, 1.82) is 0 Å². The summed E-state index contributed by atoms with van der Waals surface area (Å²) >= 11 is 0. The summed E-state index contributed by atoms with van der Waals surface area (Å²) in [6.45, 7) is 6.02. The van der Waals surface area contributed by atoms with Gasteiger partial charge in [-0.3, -0.25) is 0 Å². The minimum absolute atomic E-state index is 0.0272. The van der Waals surface area contributed by atoms with Gasteiger partial charge in [-0.2, -0.15) is 4.31 Å². The van der Waals surface area contributed by atoms with Gasteiger partial charge in [0, 0.05) is 25.7 Å². The van der Waals surface area contributed by atoms with Crippen LogP contribution in [0.5, 0.6) is 0 Å². The highest BCUT2D eigenvalue weighted by Gasteiger charge is 2.28. The zero-order valence-corrected chi connectivity index (χ0v) is 13.2. The molecule has 0 radical (unpaired) electrons. The molecular formula is C14H24N2O3S. The molecule has 3 N–H and O–H groups in total. The molecule has 0 unspecified atom stereocenters. The van der Waals surface area contributed by atoms with Gasteiger partial charge in [-0.15, -0.1) is 0 Å². The third-order valence-electron chi connectivity index (χ3n) is 3.19. The van der Waals surface area contributed by atoms with Crippen LogP contribution in [0.1, 0.15) is 31.4 Å². The Hall–Kier alpha value is -0.950. The van der Waals surface area contributed by atoms with Gasteiger partial charge in [0.2, 0.25) is 10.0 Å². The molecule has 0 spiro atoms. The van der Waals surface area contributed by atoms with Gasteiger partial charge in [0.25, 0.3) is 0 Å². The first kappa shape index (κ1) is 17.1. The number of nitrogens with zero attached hydrogens (tertiary/aromatic N) is 1. The number of sulfonamides is 1. The van der Waals surface area contributed by atoms with E-state index in [2.05, 4.69) is 0 Å². The SMILES string of the molecule is Cc1ccc(CN)cc1S(=O)(=O)N(CCCO)C(C)C. The van der Waals surface area contributed by atoms with Crippen molar-refractivity contribution in [2.24, 2.45) is 5.73 Å². The summed E-state index contributed by atoms with van der Waals surface area (Å²) in [7, 11) is -3.57. The first-order valence-corrected chi connectivity index (χ1v) is 8.21. The van der Waals surface area contributed by atoms with Gasteiger partial charge in [0.05, 0.1) is 4.90 Å². The normalized spacial score (nSPS) is 12.3. The van der Waals surface area contributed by atoms with E-state index in [0.29, 0.717) is 30.0 Å². The van der Waals surface area contributed by atoms with E-state index in [0.717, 1.165) is 5.56 Å². The van der Waals surface area contributed by atoms with Gasteiger partial charge >= 0.3 is 0 Å². The summed E-state index contributed by atoms with van der Waals surface area (Å²) in [5.41, 5.74) is 7.08. The van der Waals surface area contributed by atoms with E-state index >= 15 is 0 Å². The lowest BCUT2D eigenvalue weighted by atomic mass is 10.1. The van der Waals surface area contributed by atoms with E-state index in [1.165, 1.54) is 4.31 Å². The number of rotatable bonds is 7. The number of aliphatic hydroxyl groups excluding tert-OH is 1. The Kier molecular flexibility index (Phi) is 6.13. The zero-order chi connectivity index (χ0) is 15.3. The third kappa shape index (κ3) is 3.79. The maximum atomic E-state index is 12.8. The number of aliphatic hydroxyl groups is 1. The van der Waals surface area contributed by atoms with Crippen LogP contribution in [0.15, 0.2) is 23.1 Å². The highest BCUT2D eigenvalue weighted by atomic mass is 32.2. The van der Waals surface area contributed by atoms with Gasteiger partial charge < -0.3 is 10.8 Å². The molecule has 6 heteroatoms. The number of aryl methyl sites for hydroxylation is 1. The Balaban J connectivity index is 3.25. The molecule has 0 saturated heterocycles. The van der Waals surface area contributed by atoms with Gasteiger partial charge in [0.1, 0.15) is 0 Å². The lowest BCUT2D eigenvalue weighted by Gasteiger charge is -2.26. The Labute approximate surface area is 121 Å². The van der Waals surface area contributed by atoms with Crippen LogP contribution in [-0.2, 0) is 16.6 Å². The molecule has 0 atom stereocenters. The zero-order valence-electron chi connectivity index (χ0n) is 12.3. The summed E-state index contributed by atoms with van der Waals surface area (Å²) in [5.74, 6) is 0. The summed E-state index contributed by atoms with van der Waals surface area (Å²) < 4.78 is 27.0. The fourth-order valence-electron chi connectivity index (χ4n) is 2.06.